The molecule has 0 aliphatic carbocycles. The maximum atomic E-state index is 16.0. The molecule has 0 saturated carbocycles. The summed E-state index contributed by atoms with van der Waals surface area (Å²) in [5, 5.41) is 14.0. The van der Waals surface area contributed by atoms with Crippen LogP contribution >= 0.6 is 0 Å². The monoisotopic (exact) mass is 550 g/mol. The molecule has 0 radical (unpaired) electrons. The molecule has 0 bridgehead atoms. The fraction of sp³-hybridized carbons (Fsp3) is 0.258. The van der Waals surface area contributed by atoms with Gasteiger partial charge in [-0.25, -0.2) is 8.78 Å². The number of aromatic hydroxyl groups is 1. The first kappa shape index (κ1) is 27.2. The molecule has 1 amide bonds. The third kappa shape index (κ3) is 4.87. The van der Waals surface area contributed by atoms with Crippen molar-refractivity contribution < 1.29 is 32.5 Å². The molecule has 9 heteroatoms. The second-order valence-corrected chi connectivity index (χ2v) is 10.9. The molecule has 40 heavy (non-hydrogen) atoms. The third-order valence-electron chi connectivity index (χ3n) is 6.80. The zero-order valence-corrected chi connectivity index (χ0v) is 22.4. The lowest BCUT2D eigenvalue weighted by Gasteiger charge is -2.38. The van der Waals surface area contributed by atoms with Gasteiger partial charge >= 0.3 is 0 Å². The van der Waals surface area contributed by atoms with Crippen molar-refractivity contribution in [3.05, 3.63) is 107 Å². The van der Waals surface area contributed by atoms with Crippen LogP contribution in [0.25, 0.3) is 0 Å². The van der Waals surface area contributed by atoms with E-state index < -0.39 is 29.4 Å². The summed E-state index contributed by atoms with van der Waals surface area (Å²) >= 11 is 0. The van der Waals surface area contributed by atoms with Crippen LogP contribution in [0.3, 0.4) is 0 Å². The predicted octanol–water partition coefficient (Wildman–Crippen LogP) is 7.24. The van der Waals surface area contributed by atoms with Crippen molar-refractivity contribution in [2.45, 2.75) is 33.2 Å². The van der Waals surface area contributed by atoms with Crippen LogP contribution in [-0.2, 0) is 4.74 Å². The number of ether oxygens (including phenoxy) is 2. The number of amides is 1. The van der Waals surface area contributed by atoms with Gasteiger partial charge in [0, 0.05) is 11.0 Å². The first-order valence-electron chi connectivity index (χ1n) is 12.8. The number of phenols is 1. The van der Waals surface area contributed by atoms with Gasteiger partial charge in [-0.2, -0.15) is 4.39 Å². The van der Waals surface area contributed by atoms with Crippen LogP contribution in [0.2, 0.25) is 0 Å². The summed E-state index contributed by atoms with van der Waals surface area (Å²) < 4.78 is 57.8. The molecule has 0 spiro atoms. The van der Waals surface area contributed by atoms with Crippen molar-refractivity contribution in [2.75, 3.05) is 23.4 Å². The van der Waals surface area contributed by atoms with Crippen molar-refractivity contribution in [1.29, 1.82) is 0 Å². The summed E-state index contributed by atoms with van der Waals surface area (Å²) in [6.45, 7) is 9.55. The van der Waals surface area contributed by atoms with Crippen LogP contribution in [-0.4, -0.2) is 24.2 Å². The van der Waals surface area contributed by atoms with Crippen LogP contribution in [0, 0.1) is 22.9 Å². The summed E-state index contributed by atoms with van der Waals surface area (Å²) in [6.07, 6.45) is 0.415. The first-order valence-corrected chi connectivity index (χ1v) is 12.8. The maximum Gasteiger partial charge on any atom is 0.262 e. The summed E-state index contributed by atoms with van der Waals surface area (Å²) in [6, 6.07) is 11.1. The number of fused-ring (bicyclic) bond motifs is 1. The fourth-order valence-corrected chi connectivity index (χ4v) is 4.93. The Morgan fingerprint density at radius 2 is 1.88 bits per heavy atom. The minimum atomic E-state index is -1.35. The van der Waals surface area contributed by atoms with Crippen molar-refractivity contribution in [3.8, 4) is 11.5 Å². The lowest BCUT2D eigenvalue weighted by atomic mass is 9.85. The molecule has 0 aromatic heterocycles. The Kier molecular flexibility index (Phi) is 6.99. The quantitative estimate of drug-likeness (QED) is 0.259. The van der Waals surface area contributed by atoms with Gasteiger partial charge in [0.2, 0.25) is 5.82 Å². The molecule has 2 aliphatic rings. The highest BCUT2D eigenvalue weighted by molar-refractivity contribution is 6.09. The summed E-state index contributed by atoms with van der Waals surface area (Å²) in [7, 11) is 0. The van der Waals surface area contributed by atoms with Gasteiger partial charge < -0.3 is 19.9 Å². The minimum Gasteiger partial charge on any atom is -0.506 e. The van der Waals surface area contributed by atoms with Gasteiger partial charge in [0.25, 0.3) is 5.91 Å². The van der Waals surface area contributed by atoms with Gasteiger partial charge in [-0.1, -0.05) is 38.6 Å². The van der Waals surface area contributed by atoms with Crippen LogP contribution in [0.15, 0.2) is 78.2 Å². The normalized spacial score (nSPS) is 17.6. The molecule has 2 heterocycles. The van der Waals surface area contributed by atoms with Gasteiger partial charge in [-0.05, 0) is 55.3 Å². The number of para-hydroxylation sites is 1. The van der Waals surface area contributed by atoms with Gasteiger partial charge in [-0.15, -0.1) is 0 Å². The van der Waals surface area contributed by atoms with Crippen LogP contribution in [0.4, 0.5) is 24.5 Å². The van der Waals surface area contributed by atoms with Crippen molar-refractivity contribution in [3.63, 3.8) is 0 Å². The molecule has 0 fully saturated rings. The molecule has 6 nitrogen and oxygen atoms in total. The Labute approximate surface area is 230 Å². The van der Waals surface area contributed by atoms with Crippen molar-refractivity contribution in [2.24, 2.45) is 5.41 Å². The van der Waals surface area contributed by atoms with E-state index in [4.69, 9.17) is 9.47 Å². The number of carbonyl (C=O) groups excluding carboxylic acids is 1. The number of nitrogens with one attached hydrogen (secondary N) is 1. The topological polar surface area (TPSA) is 71.0 Å². The van der Waals surface area contributed by atoms with E-state index in [1.54, 1.807) is 6.92 Å². The summed E-state index contributed by atoms with van der Waals surface area (Å²) in [5.41, 5.74) is 0.525. The van der Waals surface area contributed by atoms with E-state index in [1.165, 1.54) is 48.5 Å². The second-order valence-electron chi connectivity index (χ2n) is 10.9. The number of phenolic OH excluding ortho intramolecular Hbond substituents is 1. The Hall–Kier alpha value is -4.40. The number of carbonyl (C=O) groups is 1. The SMILES string of the molecule is C=C(C)COc1ccc(C2C3=C(CC(C)(C)CO3)Nc3c(O)cccc3N2C(=O)c2ccccc2F)c(F)c1F. The number of benzene rings is 3. The minimum absolute atomic E-state index is 0.0128. The predicted molar refractivity (Wildman–Crippen MR) is 146 cm³/mol. The largest absolute Gasteiger partial charge is 0.506 e. The molecule has 5 rings (SSSR count). The lowest BCUT2D eigenvalue weighted by molar-refractivity contribution is 0.0755. The van der Waals surface area contributed by atoms with Crippen molar-refractivity contribution >= 4 is 17.3 Å². The van der Waals surface area contributed by atoms with Gasteiger partial charge in [0.15, 0.2) is 11.6 Å². The average molecular weight is 551 g/mol. The highest BCUT2D eigenvalue weighted by Gasteiger charge is 2.44. The molecule has 1 unspecified atom stereocenters. The molecule has 2 N–H and O–H groups in total. The van der Waals surface area contributed by atoms with E-state index in [1.807, 2.05) is 13.8 Å². The molecule has 2 aliphatic heterocycles. The molecule has 208 valence electrons. The molecule has 3 aromatic carbocycles. The van der Waals surface area contributed by atoms with E-state index in [0.717, 1.165) is 11.0 Å². The molecular weight excluding hydrogens is 521 g/mol. The van der Waals surface area contributed by atoms with Gasteiger partial charge in [0.1, 0.15) is 35.7 Å². The molecule has 1 atom stereocenters. The number of allylic oxidation sites excluding steroid dienone is 1. The Morgan fingerprint density at radius 1 is 1.12 bits per heavy atom. The zero-order chi connectivity index (χ0) is 28.8. The first-order chi connectivity index (χ1) is 19.0. The van der Waals surface area contributed by atoms with Crippen LogP contribution < -0.4 is 15.0 Å². The van der Waals surface area contributed by atoms with E-state index in [2.05, 4.69) is 11.9 Å². The van der Waals surface area contributed by atoms with E-state index in [0.29, 0.717) is 17.7 Å². The average Bonchev–Trinajstić information content (AvgIpc) is 3.03. The number of nitrogens with zero attached hydrogens (tertiary/aromatic N) is 1. The Balaban J connectivity index is 1.78. The van der Waals surface area contributed by atoms with E-state index in [9.17, 15) is 14.3 Å². The van der Waals surface area contributed by atoms with Gasteiger partial charge in [0.05, 0.1) is 23.6 Å². The molecule has 3 aromatic rings. The second kappa shape index (κ2) is 10.3. The van der Waals surface area contributed by atoms with E-state index >= 15 is 8.78 Å². The standard InChI is InChI=1S/C31H29F3N2O4/c1-17(2)15-39-24-13-12-19(25(33)26(24)34)28-29-21(14-31(3,4)16-40-29)35-27-22(10-7-11-23(27)37)36(28)30(38)18-8-5-6-9-20(18)32/h5-13,28,35,37H,1,14-16H2,2-4H3. The van der Waals surface area contributed by atoms with Crippen LogP contribution in [0.5, 0.6) is 11.5 Å². The maximum absolute atomic E-state index is 16.0. The highest BCUT2D eigenvalue weighted by atomic mass is 19.2. The number of hydrogen-bond acceptors (Lipinski definition) is 5. The zero-order valence-electron chi connectivity index (χ0n) is 22.4. The number of halogens is 3. The number of anilines is 2. The smallest absolute Gasteiger partial charge is 0.262 e. The fourth-order valence-electron chi connectivity index (χ4n) is 4.93. The number of rotatable bonds is 5. The Morgan fingerprint density at radius 3 is 2.60 bits per heavy atom. The number of hydrogen-bond donors (Lipinski definition) is 2. The lowest BCUT2D eigenvalue weighted by Crippen LogP contribution is -2.39. The highest BCUT2D eigenvalue weighted by Crippen LogP contribution is 2.50. The van der Waals surface area contributed by atoms with Crippen molar-refractivity contribution in [1.82, 2.24) is 0 Å². The van der Waals surface area contributed by atoms with Crippen LogP contribution in [0.1, 0.15) is 49.2 Å². The molecule has 0 saturated heterocycles. The third-order valence-corrected chi connectivity index (χ3v) is 6.80. The summed E-state index contributed by atoms with van der Waals surface area (Å²) in [5.74, 6) is -4.46. The van der Waals surface area contributed by atoms with E-state index in [-0.39, 0.29) is 58.4 Å². The summed E-state index contributed by atoms with van der Waals surface area (Å²) in [4.78, 5) is 15.3. The molecular formula is C31H29F3N2O4. The van der Waals surface area contributed by atoms with Gasteiger partial charge in [-0.3, -0.25) is 9.69 Å². The Bertz CT molecular complexity index is 1550.